The third-order valence-corrected chi connectivity index (χ3v) is 4.10. The Bertz CT molecular complexity index is 495. The molecule has 0 saturated heterocycles. The monoisotopic (exact) mass is 336 g/mol. The molecule has 1 rings (SSSR count). The average Bonchev–Trinajstić information content (AvgIpc) is 2.56. The molecular weight excluding hydrogens is 308 g/mol. The minimum atomic E-state index is -0.471. The van der Waals surface area contributed by atoms with Crippen molar-refractivity contribution in [1.29, 1.82) is 0 Å². The highest BCUT2D eigenvalue weighted by Gasteiger charge is 2.37. The summed E-state index contributed by atoms with van der Waals surface area (Å²) in [4.78, 5) is 23.5. The van der Waals surface area contributed by atoms with Crippen LogP contribution in [0.5, 0.6) is 0 Å². The molecule has 6 heteroatoms. The van der Waals surface area contributed by atoms with Crippen LogP contribution in [-0.2, 0) is 14.9 Å². The molecule has 24 heavy (non-hydrogen) atoms. The van der Waals surface area contributed by atoms with E-state index in [0.29, 0.717) is 26.3 Å². The highest BCUT2D eigenvalue weighted by atomic mass is 16.6. The zero-order valence-corrected chi connectivity index (χ0v) is 14.9. The maximum absolute atomic E-state index is 11.7. The van der Waals surface area contributed by atoms with Crippen LogP contribution in [-0.4, -0.2) is 38.5 Å². The number of carbonyl (C=O) groups is 2. The molecule has 0 atom stereocenters. The lowest BCUT2D eigenvalue weighted by Crippen LogP contribution is -2.52. The van der Waals surface area contributed by atoms with E-state index in [1.54, 1.807) is 13.8 Å². The molecule has 0 aliphatic carbocycles. The third-order valence-electron chi connectivity index (χ3n) is 4.10. The number of hydrogen-bond acceptors (Lipinski definition) is 4. The second-order valence-electron chi connectivity index (χ2n) is 5.82. The molecule has 0 aliphatic rings. The van der Waals surface area contributed by atoms with Gasteiger partial charge in [0.25, 0.3) is 0 Å². The van der Waals surface area contributed by atoms with Crippen molar-refractivity contribution in [2.75, 3.05) is 26.3 Å². The highest BCUT2D eigenvalue weighted by Crippen LogP contribution is 2.31. The van der Waals surface area contributed by atoms with Crippen molar-refractivity contribution < 1.29 is 19.1 Å². The summed E-state index contributed by atoms with van der Waals surface area (Å²) in [5.74, 6) is 0.156. The van der Waals surface area contributed by atoms with Gasteiger partial charge < -0.3 is 20.1 Å². The summed E-state index contributed by atoms with van der Waals surface area (Å²) < 4.78 is 9.91. The van der Waals surface area contributed by atoms with Gasteiger partial charge in [0.05, 0.1) is 13.2 Å². The van der Waals surface area contributed by atoms with E-state index in [1.165, 1.54) is 0 Å². The zero-order valence-electron chi connectivity index (χ0n) is 14.9. The van der Waals surface area contributed by atoms with Gasteiger partial charge in [-0.15, -0.1) is 0 Å². The molecule has 1 aromatic carbocycles. The molecule has 0 aliphatic heterocycles. The van der Waals surface area contributed by atoms with Gasteiger partial charge in [-0.1, -0.05) is 44.2 Å². The SMILES string of the molecule is CCOC(=O)NCC(CNC(=O)OCC)(c1ccccc1)C(C)C. The van der Waals surface area contributed by atoms with E-state index in [4.69, 9.17) is 9.47 Å². The summed E-state index contributed by atoms with van der Waals surface area (Å²) in [6, 6.07) is 9.83. The fourth-order valence-electron chi connectivity index (χ4n) is 2.60. The molecule has 0 spiro atoms. The number of alkyl carbamates (subject to hydrolysis) is 2. The van der Waals surface area contributed by atoms with E-state index in [0.717, 1.165) is 5.56 Å². The minimum absolute atomic E-state index is 0.156. The Kier molecular flexibility index (Phi) is 8.09. The van der Waals surface area contributed by atoms with Gasteiger partial charge in [0.15, 0.2) is 0 Å². The predicted molar refractivity (Wildman–Crippen MR) is 93.0 cm³/mol. The molecule has 0 saturated carbocycles. The summed E-state index contributed by atoms with van der Waals surface area (Å²) >= 11 is 0. The lowest BCUT2D eigenvalue weighted by molar-refractivity contribution is 0.140. The topological polar surface area (TPSA) is 76.7 Å². The number of amides is 2. The van der Waals surface area contributed by atoms with Gasteiger partial charge in [-0.05, 0) is 25.3 Å². The van der Waals surface area contributed by atoms with Crippen molar-refractivity contribution in [1.82, 2.24) is 10.6 Å². The Labute approximate surface area is 143 Å². The number of benzene rings is 1. The van der Waals surface area contributed by atoms with E-state index in [1.807, 2.05) is 30.3 Å². The first kappa shape index (κ1) is 19.8. The van der Waals surface area contributed by atoms with E-state index in [-0.39, 0.29) is 5.92 Å². The maximum Gasteiger partial charge on any atom is 0.407 e. The predicted octanol–water partition coefficient (Wildman–Crippen LogP) is 3.07. The molecule has 1 aromatic rings. The van der Waals surface area contributed by atoms with Crippen LogP contribution in [0, 0.1) is 5.92 Å². The summed E-state index contributed by atoms with van der Waals surface area (Å²) in [5.41, 5.74) is 0.564. The quantitative estimate of drug-likeness (QED) is 0.765. The molecule has 0 bridgehead atoms. The van der Waals surface area contributed by atoms with Crippen molar-refractivity contribution in [3.8, 4) is 0 Å². The van der Waals surface area contributed by atoms with Gasteiger partial charge in [0, 0.05) is 18.5 Å². The smallest absolute Gasteiger partial charge is 0.407 e. The Hall–Kier alpha value is -2.24. The summed E-state index contributed by atoms with van der Waals surface area (Å²) in [5, 5.41) is 5.61. The molecule has 0 heterocycles. The Morgan fingerprint density at radius 3 is 1.79 bits per heavy atom. The van der Waals surface area contributed by atoms with Crippen LogP contribution in [0.3, 0.4) is 0 Å². The van der Waals surface area contributed by atoms with Crippen LogP contribution in [0.1, 0.15) is 33.3 Å². The molecule has 2 amide bonds. The Morgan fingerprint density at radius 2 is 1.42 bits per heavy atom. The van der Waals surface area contributed by atoms with Crippen LogP contribution >= 0.6 is 0 Å². The third kappa shape index (κ3) is 5.44. The highest BCUT2D eigenvalue weighted by molar-refractivity contribution is 5.68. The van der Waals surface area contributed by atoms with Gasteiger partial charge in [-0.25, -0.2) is 9.59 Å². The van der Waals surface area contributed by atoms with Gasteiger partial charge in [-0.3, -0.25) is 0 Å². The lowest BCUT2D eigenvalue weighted by atomic mass is 9.71. The number of hydrogen-bond donors (Lipinski definition) is 2. The molecule has 0 aromatic heterocycles. The number of ether oxygens (including phenoxy) is 2. The largest absolute Gasteiger partial charge is 0.450 e. The molecule has 134 valence electrons. The van der Waals surface area contributed by atoms with Gasteiger partial charge in [-0.2, -0.15) is 0 Å². The van der Waals surface area contributed by atoms with Crippen molar-refractivity contribution in [3.05, 3.63) is 35.9 Å². The van der Waals surface area contributed by atoms with Crippen LogP contribution < -0.4 is 10.6 Å². The molecular formula is C18H28N2O4. The number of rotatable bonds is 8. The van der Waals surface area contributed by atoms with Crippen LogP contribution in [0.2, 0.25) is 0 Å². The van der Waals surface area contributed by atoms with Gasteiger partial charge in [0.1, 0.15) is 0 Å². The van der Waals surface area contributed by atoms with Crippen molar-refractivity contribution >= 4 is 12.2 Å². The second-order valence-corrected chi connectivity index (χ2v) is 5.82. The maximum atomic E-state index is 11.7. The first-order chi connectivity index (χ1) is 11.5. The average molecular weight is 336 g/mol. The summed E-state index contributed by atoms with van der Waals surface area (Å²) in [6.45, 7) is 8.96. The summed E-state index contributed by atoms with van der Waals surface area (Å²) in [7, 11) is 0. The minimum Gasteiger partial charge on any atom is -0.450 e. The normalized spacial score (nSPS) is 11.0. The number of nitrogens with one attached hydrogen (secondary N) is 2. The second kappa shape index (κ2) is 9.80. The molecule has 0 radical (unpaired) electrons. The van der Waals surface area contributed by atoms with E-state index in [9.17, 15) is 9.59 Å². The first-order valence-corrected chi connectivity index (χ1v) is 8.33. The first-order valence-electron chi connectivity index (χ1n) is 8.33. The van der Waals surface area contributed by atoms with Crippen LogP contribution in [0.4, 0.5) is 9.59 Å². The number of carbonyl (C=O) groups excluding carboxylic acids is 2. The van der Waals surface area contributed by atoms with E-state index >= 15 is 0 Å². The fourth-order valence-corrected chi connectivity index (χ4v) is 2.60. The van der Waals surface area contributed by atoms with Crippen molar-refractivity contribution in [2.45, 2.75) is 33.1 Å². The van der Waals surface area contributed by atoms with E-state index < -0.39 is 17.6 Å². The Balaban J connectivity index is 3.01. The Morgan fingerprint density at radius 1 is 0.958 bits per heavy atom. The van der Waals surface area contributed by atoms with Gasteiger partial charge >= 0.3 is 12.2 Å². The van der Waals surface area contributed by atoms with Crippen molar-refractivity contribution in [3.63, 3.8) is 0 Å². The molecule has 6 nitrogen and oxygen atoms in total. The summed E-state index contributed by atoms with van der Waals surface area (Å²) in [6.07, 6.45) is -0.927. The zero-order chi connectivity index (χ0) is 18.0. The molecule has 2 N–H and O–H groups in total. The fraction of sp³-hybridized carbons (Fsp3) is 0.556. The molecule has 0 unspecified atom stereocenters. The molecule has 0 fully saturated rings. The lowest BCUT2D eigenvalue weighted by Gasteiger charge is -2.38. The van der Waals surface area contributed by atoms with Crippen molar-refractivity contribution in [2.24, 2.45) is 5.92 Å². The van der Waals surface area contributed by atoms with E-state index in [2.05, 4.69) is 24.5 Å². The van der Waals surface area contributed by atoms with Crippen LogP contribution in [0.25, 0.3) is 0 Å². The van der Waals surface area contributed by atoms with Gasteiger partial charge in [0.2, 0.25) is 0 Å². The van der Waals surface area contributed by atoms with Crippen LogP contribution in [0.15, 0.2) is 30.3 Å². The standard InChI is InChI=1S/C18H28N2O4/c1-5-23-16(21)19-12-18(14(3)4,13-20-17(22)24-6-2)15-10-8-7-9-11-15/h7-11,14H,5-6,12-13H2,1-4H3,(H,19,21)(H,20,22).